The molecule has 0 bridgehead atoms. The van der Waals surface area contributed by atoms with E-state index in [1.807, 2.05) is 6.92 Å². The Morgan fingerprint density at radius 2 is 2.09 bits per heavy atom. The first kappa shape index (κ1) is 15.5. The molecule has 0 unspecified atom stereocenters. The summed E-state index contributed by atoms with van der Waals surface area (Å²) < 4.78 is 2.70. The highest BCUT2D eigenvalue weighted by atomic mass is 16.4. The zero-order valence-electron chi connectivity index (χ0n) is 12.2. The third-order valence-corrected chi connectivity index (χ3v) is 3.04. The average Bonchev–Trinajstić information content (AvgIpc) is 2.85. The second-order valence-corrected chi connectivity index (χ2v) is 4.75. The number of aromatic nitrogens is 3. The average molecular weight is 304 g/mol. The van der Waals surface area contributed by atoms with Gasteiger partial charge in [-0.15, -0.1) is 0 Å². The van der Waals surface area contributed by atoms with Crippen molar-refractivity contribution in [3.05, 3.63) is 46.1 Å². The predicted octanol–water partition coefficient (Wildman–Crippen LogP) is 0.942. The Labute approximate surface area is 126 Å². The number of pyridine rings is 1. The first-order chi connectivity index (χ1) is 10.4. The largest absolute Gasteiger partial charge is 0.476 e. The van der Waals surface area contributed by atoms with Crippen LogP contribution < -0.4 is 10.9 Å². The van der Waals surface area contributed by atoms with E-state index in [1.165, 1.54) is 34.5 Å². The van der Waals surface area contributed by atoms with Crippen LogP contribution in [0.25, 0.3) is 0 Å². The van der Waals surface area contributed by atoms with Gasteiger partial charge in [0, 0.05) is 31.9 Å². The summed E-state index contributed by atoms with van der Waals surface area (Å²) in [7, 11) is 1.49. The number of rotatable bonds is 5. The summed E-state index contributed by atoms with van der Waals surface area (Å²) in [6.07, 6.45) is 2.35. The van der Waals surface area contributed by atoms with Crippen molar-refractivity contribution >= 4 is 17.6 Å². The second kappa shape index (κ2) is 6.25. The molecule has 0 fully saturated rings. The fourth-order valence-corrected chi connectivity index (χ4v) is 2.00. The number of carboxylic acid groups (broad SMARTS) is 1. The number of carboxylic acids is 1. The molecule has 0 aliphatic rings. The van der Waals surface area contributed by atoms with Crippen LogP contribution in [0, 0.1) is 0 Å². The molecule has 2 aromatic heterocycles. The molecule has 0 aliphatic carbocycles. The van der Waals surface area contributed by atoms with Gasteiger partial charge in [-0.1, -0.05) is 6.92 Å². The molecule has 22 heavy (non-hydrogen) atoms. The van der Waals surface area contributed by atoms with Crippen LogP contribution >= 0.6 is 0 Å². The first-order valence-corrected chi connectivity index (χ1v) is 6.71. The number of hydrogen-bond donors (Lipinski definition) is 2. The van der Waals surface area contributed by atoms with Crippen LogP contribution in [0.1, 0.15) is 34.3 Å². The summed E-state index contributed by atoms with van der Waals surface area (Å²) in [4.78, 5) is 34.6. The zero-order valence-corrected chi connectivity index (χ0v) is 12.2. The van der Waals surface area contributed by atoms with Gasteiger partial charge in [0.05, 0.1) is 5.69 Å². The minimum absolute atomic E-state index is 0.116. The summed E-state index contributed by atoms with van der Waals surface area (Å²) >= 11 is 0. The van der Waals surface area contributed by atoms with Crippen LogP contribution in [0.5, 0.6) is 0 Å². The molecule has 0 saturated heterocycles. The van der Waals surface area contributed by atoms with Crippen molar-refractivity contribution < 1.29 is 14.7 Å². The van der Waals surface area contributed by atoms with E-state index in [-0.39, 0.29) is 16.9 Å². The minimum Gasteiger partial charge on any atom is -0.476 e. The molecule has 2 aromatic rings. The number of carbonyl (C=O) groups is 2. The molecular weight excluding hydrogens is 288 g/mol. The van der Waals surface area contributed by atoms with Crippen molar-refractivity contribution in [1.29, 1.82) is 0 Å². The van der Waals surface area contributed by atoms with Crippen LogP contribution in [-0.2, 0) is 13.6 Å². The maximum absolute atomic E-state index is 12.2. The van der Waals surface area contributed by atoms with Crippen molar-refractivity contribution in [2.24, 2.45) is 7.05 Å². The van der Waals surface area contributed by atoms with Gasteiger partial charge in [0.1, 0.15) is 5.69 Å². The number of anilines is 1. The van der Waals surface area contributed by atoms with Gasteiger partial charge in [0.25, 0.3) is 11.5 Å². The monoisotopic (exact) mass is 304 g/mol. The summed E-state index contributed by atoms with van der Waals surface area (Å²) in [5.41, 5.74) is 0.221. The van der Waals surface area contributed by atoms with Gasteiger partial charge in [-0.05, 0) is 12.5 Å². The number of amides is 1. The molecule has 2 N–H and O–H groups in total. The van der Waals surface area contributed by atoms with Gasteiger partial charge in [0.15, 0.2) is 5.69 Å². The fourth-order valence-electron chi connectivity index (χ4n) is 2.00. The summed E-state index contributed by atoms with van der Waals surface area (Å²) in [6, 6.07) is 4.07. The molecule has 8 nitrogen and oxygen atoms in total. The Hall–Kier alpha value is -2.90. The highest BCUT2D eigenvalue weighted by molar-refractivity contribution is 6.04. The van der Waals surface area contributed by atoms with Gasteiger partial charge in [-0.2, -0.15) is 5.10 Å². The number of aryl methyl sites for hydroxylation is 2. The Morgan fingerprint density at radius 1 is 1.36 bits per heavy atom. The van der Waals surface area contributed by atoms with E-state index in [4.69, 9.17) is 5.11 Å². The van der Waals surface area contributed by atoms with Gasteiger partial charge < -0.3 is 15.0 Å². The van der Waals surface area contributed by atoms with E-state index in [0.29, 0.717) is 12.2 Å². The van der Waals surface area contributed by atoms with Gasteiger partial charge in [-0.25, -0.2) is 4.79 Å². The molecule has 2 heterocycles. The van der Waals surface area contributed by atoms with Gasteiger partial charge in [-0.3, -0.25) is 14.3 Å². The highest BCUT2D eigenvalue weighted by Gasteiger charge is 2.17. The number of aromatic carboxylic acids is 1. The topological polar surface area (TPSA) is 106 Å². The van der Waals surface area contributed by atoms with Crippen LogP contribution in [0.4, 0.5) is 5.69 Å². The highest BCUT2D eigenvalue weighted by Crippen LogP contribution is 2.09. The molecule has 0 saturated carbocycles. The standard InChI is InChI=1S/C14H16N4O4/c1-3-6-18-8-9(4-5-12(18)19)15-13(20)11-7-10(14(21)22)16-17(11)2/h4-5,7-8H,3,6H2,1-2H3,(H,15,20)(H,21,22). The molecule has 0 atom stereocenters. The fraction of sp³-hybridized carbons (Fsp3) is 0.286. The van der Waals surface area contributed by atoms with Crippen LogP contribution in [0.3, 0.4) is 0 Å². The molecule has 0 radical (unpaired) electrons. The minimum atomic E-state index is -1.20. The lowest BCUT2D eigenvalue weighted by molar-refractivity contribution is 0.0689. The van der Waals surface area contributed by atoms with Crippen molar-refractivity contribution in [3.8, 4) is 0 Å². The maximum Gasteiger partial charge on any atom is 0.356 e. The number of nitrogens with one attached hydrogen (secondary N) is 1. The third-order valence-electron chi connectivity index (χ3n) is 3.04. The van der Waals surface area contributed by atoms with Crippen molar-refractivity contribution in [2.45, 2.75) is 19.9 Å². The van der Waals surface area contributed by atoms with E-state index >= 15 is 0 Å². The van der Waals surface area contributed by atoms with E-state index < -0.39 is 11.9 Å². The number of hydrogen-bond acceptors (Lipinski definition) is 4. The van der Waals surface area contributed by atoms with E-state index in [0.717, 1.165) is 6.42 Å². The first-order valence-electron chi connectivity index (χ1n) is 6.71. The lowest BCUT2D eigenvalue weighted by atomic mass is 10.3. The Kier molecular flexibility index (Phi) is 4.40. The molecule has 116 valence electrons. The Morgan fingerprint density at radius 3 is 2.68 bits per heavy atom. The van der Waals surface area contributed by atoms with E-state index in [1.54, 1.807) is 6.20 Å². The number of carbonyl (C=O) groups excluding carboxylic acids is 1. The van der Waals surface area contributed by atoms with Crippen LogP contribution in [-0.4, -0.2) is 31.3 Å². The molecule has 0 aromatic carbocycles. The Balaban J connectivity index is 2.23. The summed E-state index contributed by atoms with van der Waals surface area (Å²) in [6.45, 7) is 2.50. The molecule has 2 rings (SSSR count). The van der Waals surface area contributed by atoms with Crippen molar-refractivity contribution in [2.75, 3.05) is 5.32 Å². The third kappa shape index (κ3) is 3.22. The molecule has 0 spiro atoms. The Bertz CT molecular complexity index is 775. The molecule has 0 aliphatic heterocycles. The predicted molar refractivity (Wildman–Crippen MR) is 79.1 cm³/mol. The summed E-state index contributed by atoms with van der Waals surface area (Å²) in [5, 5.41) is 15.2. The molecule has 8 heteroatoms. The number of nitrogens with zero attached hydrogens (tertiary/aromatic N) is 3. The molecular formula is C14H16N4O4. The van der Waals surface area contributed by atoms with Gasteiger partial charge >= 0.3 is 5.97 Å². The lowest BCUT2D eigenvalue weighted by Crippen LogP contribution is -2.21. The van der Waals surface area contributed by atoms with Crippen LogP contribution in [0.15, 0.2) is 29.2 Å². The van der Waals surface area contributed by atoms with E-state index in [9.17, 15) is 14.4 Å². The second-order valence-electron chi connectivity index (χ2n) is 4.75. The molecule has 1 amide bonds. The summed E-state index contributed by atoms with van der Waals surface area (Å²) in [5.74, 6) is -1.70. The quantitative estimate of drug-likeness (QED) is 0.855. The van der Waals surface area contributed by atoms with Crippen LogP contribution in [0.2, 0.25) is 0 Å². The zero-order chi connectivity index (χ0) is 16.3. The SMILES string of the molecule is CCCn1cc(NC(=O)c2cc(C(=O)O)nn2C)ccc1=O. The normalized spacial score (nSPS) is 10.5. The van der Waals surface area contributed by atoms with Crippen molar-refractivity contribution in [3.63, 3.8) is 0 Å². The lowest BCUT2D eigenvalue weighted by Gasteiger charge is -2.08. The maximum atomic E-state index is 12.2. The van der Waals surface area contributed by atoms with E-state index in [2.05, 4.69) is 10.4 Å². The smallest absolute Gasteiger partial charge is 0.356 e. The van der Waals surface area contributed by atoms with Gasteiger partial charge in [0.2, 0.25) is 0 Å². The van der Waals surface area contributed by atoms with Crippen molar-refractivity contribution in [1.82, 2.24) is 14.3 Å².